The van der Waals surface area contributed by atoms with Crippen LogP contribution in [0, 0.1) is 0 Å². The van der Waals surface area contributed by atoms with Crippen molar-refractivity contribution >= 4 is 23.8 Å². The number of rotatable bonds is 12. The fraction of sp³-hybridized carbons (Fsp3) is 0.583. The summed E-state index contributed by atoms with van der Waals surface area (Å²) in [7, 11) is 2.71. The number of ether oxygens (including phenoxy) is 1. The lowest BCUT2D eigenvalue weighted by Crippen LogP contribution is -2.57. The number of carbonyl (C=O) groups is 4. The number of likely N-dealkylation sites (N-methyl/N-ethyl adjacent to an activating group) is 2. The van der Waals surface area contributed by atoms with Crippen LogP contribution < -0.4 is 11.1 Å². The van der Waals surface area contributed by atoms with E-state index in [2.05, 4.69) is 5.32 Å². The first-order chi connectivity index (χ1) is 17.0. The van der Waals surface area contributed by atoms with Crippen molar-refractivity contribution < 1.29 is 42.2 Å². The molecular weight excluding hydrogens is 497 g/mol. The van der Waals surface area contributed by atoms with Crippen LogP contribution >= 0.6 is 0 Å². The summed E-state index contributed by atoms with van der Waals surface area (Å²) in [6, 6.07) is 1.62. The van der Waals surface area contributed by atoms with Crippen LogP contribution in [-0.2, 0) is 36.5 Å². The second kappa shape index (κ2) is 13.4. The van der Waals surface area contributed by atoms with Gasteiger partial charge in [-0.05, 0) is 45.5 Å². The third-order valence-electron chi connectivity index (χ3n) is 5.21. The molecule has 208 valence electrons. The molecule has 37 heavy (non-hydrogen) atoms. The minimum absolute atomic E-state index is 0.0815. The molecule has 0 aromatic heterocycles. The van der Waals surface area contributed by atoms with E-state index in [0.717, 1.165) is 21.9 Å². The fourth-order valence-corrected chi connectivity index (χ4v) is 3.53. The maximum Gasteiger partial charge on any atom is 0.416 e. The monoisotopic (exact) mass is 532 g/mol. The van der Waals surface area contributed by atoms with Crippen LogP contribution in [0.1, 0.15) is 38.3 Å². The molecule has 1 aromatic rings. The van der Waals surface area contributed by atoms with Crippen LogP contribution in [0.3, 0.4) is 0 Å². The number of hydrogen-bond acceptors (Lipinski definition) is 7. The number of nitrogens with zero attached hydrogens (tertiary/aromatic N) is 2. The topological polar surface area (TPSA) is 142 Å². The number of nitrogens with two attached hydrogens (primary N) is 1. The van der Waals surface area contributed by atoms with Crippen LogP contribution in [-0.4, -0.2) is 90.1 Å². The van der Waals surface area contributed by atoms with E-state index in [9.17, 15) is 37.5 Å². The summed E-state index contributed by atoms with van der Waals surface area (Å²) in [5, 5.41) is 11.8. The van der Waals surface area contributed by atoms with Crippen molar-refractivity contribution in [2.45, 2.75) is 57.5 Å². The molecule has 0 spiro atoms. The number of carbonyl (C=O) groups excluding carboxylic acids is 3. The predicted molar refractivity (Wildman–Crippen MR) is 128 cm³/mol. The van der Waals surface area contributed by atoms with Crippen molar-refractivity contribution in [2.24, 2.45) is 5.73 Å². The Morgan fingerprint density at radius 3 is 2.08 bits per heavy atom. The van der Waals surface area contributed by atoms with Gasteiger partial charge in [0.2, 0.25) is 11.8 Å². The highest BCUT2D eigenvalue weighted by molar-refractivity contribution is 5.92. The molecule has 0 aliphatic heterocycles. The zero-order chi connectivity index (χ0) is 28.6. The van der Waals surface area contributed by atoms with Gasteiger partial charge in [0.25, 0.3) is 0 Å². The Labute approximate surface area is 213 Å². The lowest BCUT2D eigenvalue weighted by Gasteiger charge is -2.35. The van der Waals surface area contributed by atoms with Gasteiger partial charge in [-0.3, -0.25) is 19.2 Å². The highest BCUT2D eigenvalue weighted by Gasteiger charge is 2.36. The summed E-state index contributed by atoms with van der Waals surface area (Å²) >= 11 is 0. The SMILES string of the molecule is CN[C@@H](CC(=O)O)C(=O)N(CCN)[C@@H](Cc1ccc(C(F)(F)F)cc1)C(=O)N(C)CC(=O)OC(C)(C)C. The van der Waals surface area contributed by atoms with Gasteiger partial charge < -0.3 is 30.7 Å². The molecule has 1 aromatic carbocycles. The van der Waals surface area contributed by atoms with E-state index >= 15 is 0 Å². The molecule has 0 aliphatic carbocycles. The Hall–Kier alpha value is -3.19. The maximum absolute atomic E-state index is 13.5. The molecule has 0 aliphatic rings. The molecule has 0 fully saturated rings. The van der Waals surface area contributed by atoms with Crippen molar-refractivity contribution in [3.63, 3.8) is 0 Å². The molecule has 2 amide bonds. The second-order valence-electron chi connectivity index (χ2n) is 9.45. The predicted octanol–water partition coefficient (Wildman–Crippen LogP) is 1.27. The molecular formula is C24H35F3N4O6. The van der Waals surface area contributed by atoms with Crippen molar-refractivity contribution in [3.8, 4) is 0 Å². The Kier molecular flexibility index (Phi) is 11.5. The molecule has 0 radical (unpaired) electrons. The van der Waals surface area contributed by atoms with E-state index in [4.69, 9.17) is 10.5 Å². The Bertz CT molecular complexity index is 947. The van der Waals surface area contributed by atoms with Crippen LogP contribution in [0.2, 0.25) is 0 Å². The van der Waals surface area contributed by atoms with E-state index in [-0.39, 0.29) is 19.5 Å². The Morgan fingerprint density at radius 2 is 1.65 bits per heavy atom. The van der Waals surface area contributed by atoms with Crippen LogP contribution in [0.4, 0.5) is 13.2 Å². The molecule has 13 heteroatoms. The Morgan fingerprint density at radius 1 is 1.08 bits per heavy atom. The summed E-state index contributed by atoms with van der Waals surface area (Å²) in [6.45, 7) is 4.29. The highest BCUT2D eigenvalue weighted by atomic mass is 19.4. The average molecular weight is 533 g/mol. The van der Waals surface area contributed by atoms with Gasteiger partial charge in [-0.2, -0.15) is 13.2 Å². The number of nitrogens with one attached hydrogen (secondary N) is 1. The lowest BCUT2D eigenvalue weighted by atomic mass is 10.00. The van der Waals surface area contributed by atoms with Gasteiger partial charge in [0.1, 0.15) is 18.2 Å². The number of benzene rings is 1. The van der Waals surface area contributed by atoms with Gasteiger partial charge >= 0.3 is 18.1 Å². The minimum Gasteiger partial charge on any atom is -0.481 e. The first-order valence-electron chi connectivity index (χ1n) is 11.5. The summed E-state index contributed by atoms with van der Waals surface area (Å²) in [5.41, 5.74) is 4.30. The first-order valence-corrected chi connectivity index (χ1v) is 11.5. The average Bonchev–Trinajstić information content (AvgIpc) is 2.77. The molecule has 0 bridgehead atoms. The normalized spacial score (nSPS) is 13.4. The zero-order valence-electron chi connectivity index (χ0n) is 21.6. The summed E-state index contributed by atoms with van der Waals surface area (Å²) in [5.74, 6) is -3.38. The number of alkyl halides is 3. The second-order valence-corrected chi connectivity index (χ2v) is 9.45. The highest BCUT2D eigenvalue weighted by Crippen LogP contribution is 2.29. The molecule has 2 atom stereocenters. The summed E-state index contributed by atoms with van der Waals surface area (Å²) in [6.07, 6.45) is -5.34. The molecule has 4 N–H and O–H groups in total. The lowest BCUT2D eigenvalue weighted by molar-refractivity contribution is -0.159. The quantitative estimate of drug-likeness (QED) is 0.342. The van der Waals surface area contributed by atoms with Gasteiger partial charge in [0.15, 0.2) is 0 Å². The van der Waals surface area contributed by atoms with Crippen LogP contribution in [0.15, 0.2) is 24.3 Å². The van der Waals surface area contributed by atoms with E-state index in [1.807, 2.05) is 0 Å². The molecule has 0 unspecified atom stereocenters. The number of esters is 1. The largest absolute Gasteiger partial charge is 0.481 e. The molecule has 0 heterocycles. The van der Waals surface area contributed by atoms with Crippen molar-refractivity contribution in [3.05, 3.63) is 35.4 Å². The van der Waals surface area contributed by atoms with E-state index in [1.165, 1.54) is 26.2 Å². The van der Waals surface area contributed by atoms with Gasteiger partial charge in [-0.15, -0.1) is 0 Å². The number of halogens is 3. The van der Waals surface area contributed by atoms with E-state index in [0.29, 0.717) is 5.56 Å². The van der Waals surface area contributed by atoms with Gasteiger partial charge in [0, 0.05) is 26.6 Å². The smallest absolute Gasteiger partial charge is 0.416 e. The zero-order valence-corrected chi connectivity index (χ0v) is 21.6. The first kappa shape index (κ1) is 31.8. The third kappa shape index (κ3) is 10.4. The van der Waals surface area contributed by atoms with Crippen molar-refractivity contribution in [1.82, 2.24) is 15.1 Å². The van der Waals surface area contributed by atoms with Crippen LogP contribution in [0.5, 0.6) is 0 Å². The number of carboxylic acid groups (broad SMARTS) is 1. The molecule has 0 saturated carbocycles. The maximum atomic E-state index is 13.5. The van der Waals surface area contributed by atoms with E-state index in [1.54, 1.807) is 20.8 Å². The molecule has 10 nitrogen and oxygen atoms in total. The van der Waals surface area contributed by atoms with Gasteiger partial charge in [0.05, 0.1) is 18.0 Å². The van der Waals surface area contributed by atoms with Crippen LogP contribution in [0.25, 0.3) is 0 Å². The number of amides is 2. The van der Waals surface area contributed by atoms with Crippen molar-refractivity contribution in [2.75, 3.05) is 33.7 Å². The minimum atomic E-state index is -4.56. The number of hydrogen-bond donors (Lipinski definition) is 3. The summed E-state index contributed by atoms with van der Waals surface area (Å²) in [4.78, 5) is 52.5. The number of aliphatic carboxylic acids is 1. The van der Waals surface area contributed by atoms with E-state index < -0.39 is 66.1 Å². The van der Waals surface area contributed by atoms with Crippen molar-refractivity contribution in [1.29, 1.82) is 0 Å². The summed E-state index contributed by atoms with van der Waals surface area (Å²) < 4.78 is 44.2. The number of carboxylic acids is 1. The Balaban J connectivity index is 3.39. The third-order valence-corrected chi connectivity index (χ3v) is 5.21. The standard InChI is InChI=1S/C24H35F3N4O6/c1-23(2,3)37-20(34)14-30(5)22(36)18(12-15-6-8-16(9-7-15)24(25,26)27)31(11-10-28)21(35)17(29-4)13-19(32)33/h6-9,17-18,29H,10-14,28H2,1-5H3,(H,32,33)/t17-,18-/m0/s1. The fourth-order valence-electron chi connectivity index (χ4n) is 3.53. The van der Waals surface area contributed by atoms with Gasteiger partial charge in [-0.25, -0.2) is 0 Å². The molecule has 1 rings (SSSR count). The molecule has 0 saturated heterocycles. The van der Waals surface area contributed by atoms with Gasteiger partial charge in [-0.1, -0.05) is 12.1 Å².